The number of carbonyl (C=O) groups excluding carboxylic acids is 1. The van der Waals surface area contributed by atoms with E-state index in [0.717, 1.165) is 0 Å². The van der Waals surface area contributed by atoms with Crippen LogP contribution in [0.3, 0.4) is 0 Å². The molecule has 0 aromatic carbocycles. The van der Waals surface area contributed by atoms with Gasteiger partial charge in [-0.3, -0.25) is 14.3 Å². The van der Waals surface area contributed by atoms with Crippen LogP contribution in [-0.4, -0.2) is 54.7 Å². The van der Waals surface area contributed by atoms with Gasteiger partial charge in [0.2, 0.25) is 0 Å². The monoisotopic (exact) mass is 479 g/mol. The second-order valence-electron chi connectivity index (χ2n) is 4.60. The standard InChI is InChI=1S/C9F17O3/c10-2(1-27,5(14,15)16)28-9(25,26)4(13,7(20,21)22)29-8(23,24)3(11,12)6(17,18)19. The van der Waals surface area contributed by atoms with Crippen molar-refractivity contribution in [1.82, 2.24) is 0 Å². The van der Waals surface area contributed by atoms with Gasteiger partial charge in [0.25, 0.3) is 6.29 Å². The zero-order valence-electron chi connectivity index (χ0n) is 12.2. The second kappa shape index (κ2) is 6.98. The molecule has 0 fully saturated rings. The summed E-state index contributed by atoms with van der Waals surface area (Å²) in [5.74, 6) is -22.5. The molecule has 20 heteroatoms. The molecule has 3 nitrogen and oxygen atoms in total. The highest BCUT2D eigenvalue weighted by Crippen LogP contribution is 2.56. The van der Waals surface area contributed by atoms with Gasteiger partial charge in [-0.1, -0.05) is 0 Å². The van der Waals surface area contributed by atoms with Crippen molar-refractivity contribution >= 4 is 6.29 Å². The smallest absolute Gasteiger partial charge is 0.284 e. The fraction of sp³-hybridized carbons (Fsp3) is 0.889. The Kier molecular flexibility index (Phi) is 6.59. The molecule has 2 atom stereocenters. The molecule has 0 bridgehead atoms. The second-order valence-corrected chi connectivity index (χ2v) is 4.60. The average molecular weight is 479 g/mol. The third-order valence-corrected chi connectivity index (χ3v) is 2.49. The maximum absolute atomic E-state index is 13.5. The van der Waals surface area contributed by atoms with Crippen LogP contribution in [0.25, 0.3) is 0 Å². The molecule has 0 heterocycles. The van der Waals surface area contributed by atoms with Crippen LogP contribution in [0.4, 0.5) is 74.6 Å². The molecule has 0 saturated heterocycles. The van der Waals surface area contributed by atoms with E-state index in [0.29, 0.717) is 0 Å². The summed E-state index contributed by atoms with van der Waals surface area (Å²) in [6.45, 7) is 0. The molecule has 0 amide bonds. The van der Waals surface area contributed by atoms with E-state index in [-0.39, 0.29) is 0 Å². The maximum Gasteiger partial charge on any atom is 0.462 e. The minimum atomic E-state index is -7.99. The zero-order chi connectivity index (χ0) is 24.1. The summed E-state index contributed by atoms with van der Waals surface area (Å²) in [5.41, 5.74) is 0. The molecular weight excluding hydrogens is 479 g/mol. The zero-order valence-corrected chi connectivity index (χ0v) is 12.2. The fourth-order valence-corrected chi connectivity index (χ4v) is 1.07. The maximum atomic E-state index is 13.5. The van der Waals surface area contributed by atoms with Crippen molar-refractivity contribution in [2.24, 2.45) is 0 Å². The third-order valence-electron chi connectivity index (χ3n) is 2.49. The number of rotatable bonds is 7. The Morgan fingerprint density at radius 1 is 0.483 bits per heavy atom. The van der Waals surface area contributed by atoms with E-state index in [4.69, 9.17) is 0 Å². The van der Waals surface area contributed by atoms with Crippen molar-refractivity contribution in [3.05, 3.63) is 0 Å². The Hall–Kier alpha value is -1.60. The minimum absolute atomic E-state index is 1.13. The summed E-state index contributed by atoms with van der Waals surface area (Å²) in [6, 6.07) is 0. The van der Waals surface area contributed by atoms with Crippen molar-refractivity contribution < 1.29 is 88.9 Å². The van der Waals surface area contributed by atoms with E-state index in [1.807, 2.05) is 0 Å². The van der Waals surface area contributed by atoms with Crippen LogP contribution in [-0.2, 0) is 14.3 Å². The first-order valence-corrected chi connectivity index (χ1v) is 5.73. The van der Waals surface area contributed by atoms with Crippen molar-refractivity contribution in [1.29, 1.82) is 0 Å². The van der Waals surface area contributed by atoms with Gasteiger partial charge < -0.3 is 0 Å². The van der Waals surface area contributed by atoms with Crippen molar-refractivity contribution in [3.8, 4) is 0 Å². The molecular formula is C9F17O3. The van der Waals surface area contributed by atoms with Crippen molar-refractivity contribution in [3.63, 3.8) is 0 Å². The molecule has 0 spiro atoms. The number of halogens is 17. The first-order valence-electron chi connectivity index (χ1n) is 5.73. The summed E-state index contributed by atoms with van der Waals surface area (Å²) >= 11 is 0. The topological polar surface area (TPSA) is 35.5 Å². The van der Waals surface area contributed by atoms with Crippen LogP contribution in [0.2, 0.25) is 0 Å². The average Bonchev–Trinajstić information content (AvgIpc) is 2.42. The van der Waals surface area contributed by atoms with Gasteiger partial charge in [0.1, 0.15) is 0 Å². The molecule has 0 aliphatic rings. The summed E-state index contributed by atoms with van der Waals surface area (Å²) < 4.78 is 215. The third kappa shape index (κ3) is 4.61. The van der Waals surface area contributed by atoms with Gasteiger partial charge >= 0.3 is 48.4 Å². The molecule has 0 aromatic rings. The fourth-order valence-electron chi connectivity index (χ4n) is 1.07. The van der Waals surface area contributed by atoms with E-state index in [1.54, 1.807) is 4.74 Å². The Morgan fingerprint density at radius 3 is 1.10 bits per heavy atom. The minimum Gasteiger partial charge on any atom is -0.284 e. The highest BCUT2D eigenvalue weighted by molar-refractivity contribution is 5.62. The van der Waals surface area contributed by atoms with E-state index in [9.17, 15) is 79.4 Å². The molecule has 0 saturated carbocycles. The summed E-state index contributed by atoms with van der Waals surface area (Å²) in [4.78, 5) is 9.76. The predicted molar refractivity (Wildman–Crippen MR) is 48.5 cm³/mol. The Morgan fingerprint density at radius 2 is 0.862 bits per heavy atom. The van der Waals surface area contributed by atoms with Gasteiger partial charge in [-0.05, 0) is 0 Å². The lowest BCUT2D eigenvalue weighted by Crippen LogP contribution is -2.67. The molecule has 0 aliphatic heterocycles. The number of hydrogen-bond donors (Lipinski definition) is 0. The summed E-state index contributed by atoms with van der Waals surface area (Å²) in [5, 5.41) is 0. The van der Waals surface area contributed by atoms with Crippen LogP contribution in [0.1, 0.15) is 0 Å². The first kappa shape index (κ1) is 27.4. The first-order chi connectivity index (χ1) is 12.2. The number of ether oxygens (including phenoxy) is 2. The summed E-state index contributed by atoms with van der Waals surface area (Å²) in [6.07, 6.45) is -39.4. The van der Waals surface area contributed by atoms with Gasteiger partial charge in [-0.2, -0.15) is 74.6 Å². The predicted octanol–water partition coefficient (Wildman–Crippen LogP) is 4.97. The lowest BCUT2D eigenvalue weighted by atomic mass is 10.2. The highest BCUT2D eigenvalue weighted by atomic mass is 19.4. The van der Waals surface area contributed by atoms with Gasteiger partial charge in [0.15, 0.2) is 0 Å². The lowest BCUT2D eigenvalue weighted by Gasteiger charge is -2.39. The van der Waals surface area contributed by atoms with E-state index in [2.05, 4.69) is 0 Å². The van der Waals surface area contributed by atoms with Crippen LogP contribution in [0, 0.1) is 0 Å². The van der Waals surface area contributed by atoms with Crippen molar-refractivity contribution in [2.75, 3.05) is 0 Å². The Bertz CT molecular complexity index is 603. The molecule has 0 aliphatic carbocycles. The van der Waals surface area contributed by atoms with Gasteiger partial charge in [-0.25, -0.2) is 0 Å². The largest absolute Gasteiger partial charge is 0.462 e. The van der Waals surface area contributed by atoms with Crippen LogP contribution >= 0.6 is 0 Å². The molecule has 2 unspecified atom stereocenters. The lowest BCUT2D eigenvalue weighted by molar-refractivity contribution is -0.547. The van der Waals surface area contributed by atoms with Crippen LogP contribution in [0.5, 0.6) is 0 Å². The van der Waals surface area contributed by atoms with E-state index < -0.39 is 54.7 Å². The van der Waals surface area contributed by atoms with Gasteiger partial charge in [0, 0.05) is 0 Å². The SMILES string of the molecule is O=[C]C(F)(OC(F)(F)C(F)(OC(F)(F)C(F)(F)C(F)(F)F)C(F)(F)F)C(F)(F)F. The molecule has 29 heavy (non-hydrogen) atoms. The quantitative estimate of drug-likeness (QED) is 0.485. The van der Waals surface area contributed by atoms with E-state index >= 15 is 0 Å². The Labute approximate surface area is 145 Å². The molecule has 0 aromatic heterocycles. The Balaban J connectivity index is 6.51. The van der Waals surface area contributed by atoms with Gasteiger partial charge in [-0.15, -0.1) is 0 Å². The molecule has 173 valence electrons. The van der Waals surface area contributed by atoms with Crippen molar-refractivity contribution in [2.45, 2.75) is 48.4 Å². The summed E-state index contributed by atoms with van der Waals surface area (Å²) in [7, 11) is 0. The molecule has 0 N–H and O–H groups in total. The van der Waals surface area contributed by atoms with E-state index in [1.165, 1.54) is 4.74 Å². The van der Waals surface area contributed by atoms with Crippen LogP contribution < -0.4 is 0 Å². The van der Waals surface area contributed by atoms with Crippen LogP contribution in [0.15, 0.2) is 0 Å². The number of alkyl halides is 17. The van der Waals surface area contributed by atoms with Gasteiger partial charge in [0.05, 0.1) is 0 Å². The molecule has 0 rings (SSSR count). The molecule has 1 radical (unpaired) electrons. The highest BCUT2D eigenvalue weighted by Gasteiger charge is 2.85. The number of hydrogen-bond acceptors (Lipinski definition) is 3. The normalized spacial score (nSPS) is 19.5.